The van der Waals surface area contributed by atoms with Gasteiger partial charge in [0.25, 0.3) is 15.8 Å². The lowest BCUT2D eigenvalue weighted by Crippen LogP contribution is -2.59. The number of benzene rings is 1. The molecule has 7 rings (SSSR count). The maximum absolute atomic E-state index is 13.9. The third-order valence-electron chi connectivity index (χ3n) is 7.83. The first-order valence-corrected chi connectivity index (χ1v) is 14.6. The standard InChI is InChI=1S/C27H27N9O4S/c1-16-10-11-27(2)15-18(29-25-31-24(28)36-26(32-25)30-22(33-36)19-9-6-14-40-19)23(37)34-12-13-35(20(16)21(27)34)41(38,39)17-7-4-3-5-8-17/h3-11,14,16,18H,12-13,15H2,1-2H3,(H3,28,29,30,31,32,33)/t16?,18-,27?/m0/s1. The zero-order valence-corrected chi connectivity index (χ0v) is 23.1. The van der Waals surface area contributed by atoms with Crippen molar-refractivity contribution < 1.29 is 17.6 Å². The van der Waals surface area contributed by atoms with Crippen LogP contribution < -0.4 is 11.1 Å². The average molecular weight is 574 g/mol. The summed E-state index contributed by atoms with van der Waals surface area (Å²) in [4.78, 5) is 29.0. The number of nitrogens with one attached hydrogen (secondary N) is 1. The maximum Gasteiger partial charge on any atom is 0.264 e. The Bertz CT molecular complexity index is 1850. The molecular weight excluding hydrogens is 546 g/mol. The van der Waals surface area contributed by atoms with Gasteiger partial charge in [-0.3, -0.25) is 9.10 Å². The van der Waals surface area contributed by atoms with Crippen LogP contribution in [0.2, 0.25) is 0 Å². The van der Waals surface area contributed by atoms with E-state index in [4.69, 9.17) is 10.2 Å². The van der Waals surface area contributed by atoms with E-state index in [1.165, 1.54) is 15.1 Å². The van der Waals surface area contributed by atoms with Crippen LogP contribution in [0.4, 0.5) is 11.9 Å². The Kier molecular flexibility index (Phi) is 5.48. The van der Waals surface area contributed by atoms with Crippen molar-refractivity contribution in [3.8, 4) is 11.6 Å². The number of fused-ring (bicyclic) bond motifs is 1. The molecule has 1 aliphatic carbocycles. The molecule has 3 aliphatic rings. The van der Waals surface area contributed by atoms with Crippen LogP contribution in [0.5, 0.6) is 0 Å². The number of nitrogens with zero attached hydrogens (tertiary/aromatic N) is 7. The molecule has 14 heteroatoms. The van der Waals surface area contributed by atoms with Gasteiger partial charge < -0.3 is 20.4 Å². The van der Waals surface area contributed by atoms with E-state index in [2.05, 4.69) is 31.4 Å². The summed E-state index contributed by atoms with van der Waals surface area (Å²) in [6.07, 6.45) is 5.96. The third-order valence-corrected chi connectivity index (χ3v) is 9.66. The summed E-state index contributed by atoms with van der Waals surface area (Å²) >= 11 is 0. The van der Waals surface area contributed by atoms with Crippen molar-refractivity contribution in [2.75, 3.05) is 24.1 Å². The normalized spacial score (nSPS) is 24.2. The number of carbonyl (C=O) groups is 1. The lowest BCUT2D eigenvalue weighted by molar-refractivity contribution is -0.134. The first-order valence-electron chi connectivity index (χ1n) is 13.2. The number of sulfonamides is 1. The second-order valence-electron chi connectivity index (χ2n) is 10.6. The zero-order valence-electron chi connectivity index (χ0n) is 22.3. The van der Waals surface area contributed by atoms with E-state index in [0.717, 1.165) is 5.70 Å². The van der Waals surface area contributed by atoms with Gasteiger partial charge >= 0.3 is 0 Å². The van der Waals surface area contributed by atoms with E-state index in [1.807, 2.05) is 19.9 Å². The van der Waals surface area contributed by atoms with Gasteiger partial charge in [-0.2, -0.15) is 19.5 Å². The number of anilines is 2. The van der Waals surface area contributed by atoms with Crippen LogP contribution in [-0.4, -0.2) is 67.2 Å². The molecule has 0 saturated carbocycles. The molecule has 2 aliphatic heterocycles. The van der Waals surface area contributed by atoms with Gasteiger partial charge in [0.2, 0.25) is 23.6 Å². The van der Waals surface area contributed by atoms with E-state index < -0.39 is 21.5 Å². The van der Waals surface area contributed by atoms with Gasteiger partial charge in [0.05, 0.1) is 29.1 Å². The van der Waals surface area contributed by atoms with Gasteiger partial charge in [-0.05, 0) is 30.7 Å². The van der Waals surface area contributed by atoms with Crippen molar-refractivity contribution in [3.05, 3.63) is 72.3 Å². The van der Waals surface area contributed by atoms with E-state index in [0.29, 0.717) is 23.7 Å². The molecule has 5 heterocycles. The average Bonchev–Trinajstić information content (AvgIpc) is 3.65. The van der Waals surface area contributed by atoms with Gasteiger partial charge in [-0.25, -0.2) is 8.42 Å². The van der Waals surface area contributed by atoms with E-state index in [1.54, 1.807) is 47.4 Å². The number of aromatic nitrogens is 5. The maximum atomic E-state index is 13.9. The molecule has 210 valence electrons. The first kappa shape index (κ1) is 25.3. The van der Waals surface area contributed by atoms with Crippen LogP contribution in [0.1, 0.15) is 20.3 Å². The molecule has 0 spiro atoms. The third kappa shape index (κ3) is 3.89. The molecule has 1 fully saturated rings. The number of hydrogen-bond donors (Lipinski definition) is 2. The number of carbonyl (C=O) groups excluding carboxylic acids is 1. The summed E-state index contributed by atoms with van der Waals surface area (Å²) in [6.45, 7) is 4.33. The van der Waals surface area contributed by atoms with Gasteiger partial charge in [0.15, 0.2) is 5.76 Å². The monoisotopic (exact) mass is 573 g/mol. The quantitative estimate of drug-likeness (QED) is 0.339. The Morgan fingerprint density at radius 2 is 1.90 bits per heavy atom. The fourth-order valence-electron chi connectivity index (χ4n) is 5.95. The zero-order chi connectivity index (χ0) is 28.5. The Morgan fingerprint density at radius 1 is 1.10 bits per heavy atom. The highest BCUT2D eigenvalue weighted by molar-refractivity contribution is 7.89. The van der Waals surface area contributed by atoms with Gasteiger partial charge in [-0.15, -0.1) is 5.10 Å². The molecule has 2 unspecified atom stereocenters. The van der Waals surface area contributed by atoms with Crippen LogP contribution >= 0.6 is 0 Å². The molecule has 3 aromatic heterocycles. The fourth-order valence-corrected chi connectivity index (χ4v) is 7.54. The number of nitrogens with two attached hydrogens (primary N) is 1. The molecule has 13 nitrogen and oxygen atoms in total. The van der Waals surface area contributed by atoms with Gasteiger partial charge in [0, 0.05) is 17.9 Å². The fraction of sp³-hybridized carbons (Fsp3) is 0.296. The Hall–Kier alpha value is -4.72. The highest BCUT2D eigenvalue weighted by atomic mass is 32.2. The SMILES string of the molecule is CC1C=CC2(C)C[C@H](Nc3nc(N)n4nc(-c5ccco5)nc4n3)C(=O)N3CCN(S(=O)(=O)c4ccccc4)C1=C32. The largest absolute Gasteiger partial charge is 0.461 e. The van der Waals surface area contributed by atoms with Gasteiger partial charge in [0.1, 0.15) is 6.04 Å². The Balaban J connectivity index is 1.23. The Morgan fingerprint density at radius 3 is 2.66 bits per heavy atom. The topological polar surface area (TPSA) is 165 Å². The van der Waals surface area contributed by atoms with Crippen LogP contribution in [-0.2, 0) is 14.8 Å². The summed E-state index contributed by atoms with van der Waals surface area (Å²) in [5.41, 5.74) is 6.89. The Labute approximate surface area is 235 Å². The van der Waals surface area contributed by atoms with Crippen molar-refractivity contribution in [2.24, 2.45) is 11.3 Å². The number of furan rings is 1. The first-order chi connectivity index (χ1) is 19.7. The summed E-state index contributed by atoms with van der Waals surface area (Å²) in [5.74, 6) is 0.776. The molecule has 3 atom stereocenters. The summed E-state index contributed by atoms with van der Waals surface area (Å²) < 4.78 is 35.6. The molecule has 1 amide bonds. The van der Waals surface area contributed by atoms with E-state index in [-0.39, 0.29) is 47.5 Å². The minimum absolute atomic E-state index is 0.0475. The van der Waals surface area contributed by atoms with E-state index >= 15 is 0 Å². The molecule has 1 aromatic carbocycles. The number of hydrogen-bond acceptors (Lipinski definition) is 10. The molecular formula is C27H27N9O4S. The minimum Gasteiger partial charge on any atom is -0.461 e. The van der Waals surface area contributed by atoms with Crippen molar-refractivity contribution in [2.45, 2.75) is 31.2 Å². The number of rotatable bonds is 5. The molecule has 0 radical (unpaired) electrons. The number of amides is 1. The van der Waals surface area contributed by atoms with Crippen molar-refractivity contribution in [3.63, 3.8) is 0 Å². The predicted octanol–water partition coefficient (Wildman–Crippen LogP) is 2.50. The summed E-state index contributed by atoms with van der Waals surface area (Å²) in [7, 11) is -3.81. The number of nitrogen functional groups attached to an aromatic ring is 1. The molecule has 3 N–H and O–H groups in total. The van der Waals surface area contributed by atoms with Crippen LogP contribution in [0.25, 0.3) is 17.4 Å². The predicted molar refractivity (Wildman–Crippen MR) is 148 cm³/mol. The van der Waals surface area contributed by atoms with Crippen molar-refractivity contribution >= 4 is 33.6 Å². The summed E-state index contributed by atoms with van der Waals surface area (Å²) in [6, 6.07) is 11.2. The second-order valence-corrected chi connectivity index (χ2v) is 12.5. The van der Waals surface area contributed by atoms with Crippen LogP contribution in [0.3, 0.4) is 0 Å². The molecule has 0 bridgehead atoms. The van der Waals surface area contributed by atoms with Crippen molar-refractivity contribution in [1.82, 2.24) is 33.8 Å². The smallest absolute Gasteiger partial charge is 0.264 e. The minimum atomic E-state index is -3.81. The summed E-state index contributed by atoms with van der Waals surface area (Å²) in [5, 5.41) is 7.47. The number of piperidine rings is 1. The molecule has 1 saturated heterocycles. The lowest BCUT2D eigenvalue weighted by atomic mass is 9.70. The molecule has 4 aromatic rings. The highest BCUT2D eigenvalue weighted by Crippen LogP contribution is 2.50. The van der Waals surface area contributed by atoms with Gasteiger partial charge in [-0.1, -0.05) is 44.2 Å². The lowest BCUT2D eigenvalue weighted by Gasteiger charge is -2.52. The van der Waals surface area contributed by atoms with Crippen LogP contribution in [0.15, 0.2) is 81.6 Å². The van der Waals surface area contributed by atoms with E-state index in [9.17, 15) is 13.2 Å². The second kappa shape index (κ2) is 8.89. The molecule has 41 heavy (non-hydrogen) atoms. The van der Waals surface area contributed by atoms with Crippen molar-refractivity contribution in [1.29, 1.82) is 0 Å². The van der Waals surface area contributed by atoms with Crippen LogP contribution in [0, 0.1) is 11.3 Å². The number of allylic oxidation sites excluding steroid dienone is 2. The highest BCUT2D eigenvalue weighted by Gasteiger charge is 2.51.